The Morgan fingerprint density at radius 2 is 0.784 bits per heavy atom. The van der Waals surface area contributed by atoms with Gasteiger partial charge in [-0.15, -0.1) is 0 Å². The summed E-state index contributed by atoms with van der Waals surface area (Å²) in [4.78, 5) is 63.3. The summed E-state index contributed by atoms with van der Waals surface area (Å²) in [6.45, 7) is 5.31. The Morgan fingerprint density at radius 1 is 0.446 bits per heavy atom. The highest BCUT2D eigenvalue weighted by molar-refractivity contribution is 6.04. The zero-order valence-electron chi connectivity index (χ0n) is 39.9. The summed E-state index contributed by atoms with van der Waals surface area (Å²) in [5, 5.41) is 41.8. The summed E-state index contributed by atoms with van der Waals surface area (Å²) in [7, 11) is 0. The lowest BCUT2D eigenvalue weighted by atomic mass is 9.95. The summed E-state index contributed by atoms with van der Waals surface area (Å²) in [5.41, 5.74) is 12.6. The van der Waals surface area contributed by atoms with Crippen LogP contribution in [0, 0.1) is 0 Å². The average molecular weight is 983 g/mol. The maximum absolute atomic E-state index is 12.5. The summed E-state index contributed by atoms with van der Waals surface area (Å²) in [5.74, 6) is 0.0498. The van der Waals surface area contributed by atoms with Crippen LogP contribution in [0.5, 0.6) is 17.2 Å². The second-order valence-corrected chi connectivity index (χ2v) is 19.1. The summed E-state index contributed by atoms with van der Waals surface area (Å²) in [6.07, 6.45) is 9.45. The Morgan fingerprint density at radius 3 is 1.16 bits per heavy atom. The Bertz CT molecular complexity index is 3620. The van der Waals surface area contributed by atoms with Gasteiger partial charge < -0.3 is 46.2 Å². The molecule has 9 N–H and O–H groups in total. The van der Waals surface area contributed by atoms with Crippen LogP contribution in [0.4, 0.5) is 0 Å². The predicted octanol–water partition coefficient (Wildman–Crippen LogP) is 8.68. The van der Waals surface area contributed by atoms with Crippen LogP contribution in [0.25, 0.3) is 32.7 Å². The minimum Gasteiger partial charge on any atom is -0.508 e. The molecule has 3 atom stereocenters. The molecule has 0 fully saturated rings. The van der Waals surface area contributed by atoms with Gasteiger partial charge in [-0.05, 0) is 89.5 Å². The summed E-state index contributed by atoms with van der Waals surface area (Å²) < 4.78 is 0. The minimum atomic E-state index is -0.453. The van der Waals surface area contributed by atoms with E-state index in [-0.39, 0.29) is 47.1 Å². The van der Waals surface area contributed by atoms with Gasteiger partial charge in [-0.25, -0.2) is 0 Å². The molecule has 15 heteroatoms. The van der Waals surface area contributed by atoms with Gasteiger partial charge in [0.2, 0.25) is 0 Å². The fraction of sp³-hybridized carbons (Fsp3) is 0.153. The van der Waals surface area contributed by atoms with E-state index in [1.54, 1.807) is 48.5 Å². The minimum absolute atomic E-state index is 0.0905. The molecule has 0 saturated heterocycles. The lowest BCUT2D eigenvalue weighted by molar-refractivity contribution is 0.0952. The van der Waals surface area contributed by atoms with Crippen molar-refractivity contribution in [3.8, 4) is 17.2 Å². The quantitative estimate of drug-likeness (QED) is 0.0525. The molecule has 15 nitrogen and oxygen atoms in total. The zero-order chi connectivity index (χ0) is 50.6. The number of nitrogens with one attached hydrogen (secondary N) is 6. The number of nitrogens with zero attached hydrogens (tertiary/aromatic N) is 2. The van der Waals surface area contributed by atoms with E-state index in [0.717, 1.165) is 117 Å². The van der Waals surface area contributed by atoms with E-state index in [1.165, 1.54) is 6.07 Å². The molecule has 0 radical (unpaired) electrons. The number of amides is 3. The first-order chi connectivity index (χ1) is 36.1. The SMILES string of the molecule is O=C1N[C@@H](c2c(CN3CC=CC3)[nH]c3ccccc23)c2cc(O)ccc21.O=C1N[C@H](c2c(CN3CC=CC3)[nH]c3ccccc23)c2cc(O)ccc21.O=Cc1[nH]c2ccccc2c1C1NC(=O)c2ccc(O)cc21. The second-order valence-electron chi connectivity index (χ2n) is 19.1. The summed E-state index contributed by atoms with van der Waals surface area (Å²) >= 11 is 0. The lowest BCUT2D eigenvalue weighted by Crippen LogP contribution is -2.24. The van der Waals surface area contributed by atoms with E-state index in [4.69, 9.17) is 0 Å². The topological polar surface area (TPSA) is 219 Å². The van der Waals surface area contributed by atoms with Crippen LogP contribution in [-0.2, 0) is 13.1 Å². The van der Waals surface area contributed by atoms with E-state index >= 15 is 0 Å². The van der Waals surface area contributed by atoms with Gasteiger partial charge in [-0.3, -0.25) is 29.0 Å². The van der Waals surface area contributed by atoms with E-state index in [1.807, 2.05) is 48.5 Å². The number of aromatic hydroxyl groups is 3. The number of phenols is 3. The number of rotatable bonds is 8. The van der Waals surface area contributed by atoms with Crippen molar-refractivity contribution in [3.63, 3.8) is 0 Å². The van der Waals surface area contributed by atoms with Crippen molar-refractivity contribution < 1.29 is 34.5 Å². The molecule has 6 aromatic carbocycles. The van der Waals surface area contributed by atoms with Crippen LogP contribution in [-0.4, -0.2) is 90.3 Å². The number of carbonyl (C=O) groups excluding carboxylic acids is 4. The maximum Gasteiger partial charge on any atom is 0.252 e. The fourth-order valence-corrected chi connectivity index (χ4v) is 11.2. The number of carbonyl (C=O) groups is 4. The van der Waals surface area contributed by atoms with Crippen LogP contribution < -0.4 is 16.0 Å². The Hall–Kier alpha value is -9.18. The molecule has 1 unspecified atom stereocenters. The Kier molecular flexibility index (Phi) is 11.7. The number of H-pyrrole nitrogens is 3. The molecule has 0 aliphatic carbocycles. The molecule has 368 valence electrons. The third-order valence-corrected chi connectivity index (χ3v) is 14.6. The van der Waals surface area contributed by atoms with Crippen LogP contribution in [0.15, 0.2) is 152 Å². The molecule has 3 aromatic heterocycles. The average Bonchev–Trinajstić information content (AvgIpc) is 4.30. The van der Waals surface area contributed by atoms with Crippen molar-refractivity contribution in [1.82, 2.24) is 40.7 Å². The number of aromatic nitrogens is 3. The third-order valence-electron chi connectivity index (χ3n) is 14.6. The standard InChI is InChI=1S/2C21H19N3O2.C17H12N2O3/c2*25-13-7-8-14-16(11-13)20(23-21(14)26)19-15-5-1-2-6-17(15)22-18(19)12-24-9-3-4-10-24;20-8-14-15(11-3-1-2-4-13(11)18-14)16-12-7-9(21)5-6-10(12)17(22)19-16/h2*1-8,11,20,22,25H,9-10,12H2,(H,23,26);1-8,16,18,21H,(H,19,22)/t2*20-;/m10./s1. The molecule has 5 aliphatic rings. The molecule has 9 aromatic rings. The number of benzene rings is 6. The van der Waals surface area contributed by atoms with Crippen LogP contribution in [0.1, 0.15) is 104 Å². The number of aromatic amines is 3. The van der Waals surface area contributed by atoms with Crippen LogP contribution >= 0.6 is 0 Å². The van der Waals surface area contributed by atoms with Crippen molar-refractivity contribution in [2.45, 2.75) is 31.2 Å². The van der Waals surface area contributed by atoms with Crippen molar-refractivity contribution in [3.05, 3.63) is 219 Å². The highest BCUT2D eigenvalue weighted by Crippen LogP contribution is 2.42. The molecule has 74 heavy (non-hydrogen) atoms. The van der Waals surface area contributed by atoms with Gasteiger partial charge in [-0.2, -0.15) is 0 Å². The molecule has 3 amide bonds. The van der Waals surface area contributed by atoms with Crippen molar-refractivity contribution in [2.24, 2.45) is 0 Å². The van der Waals surface area contributed by atoms with Gasteiger partial charge in [0.1, 0.15) is 17.2 Å². The molecular formula is C59H50N8O7. The number of fused-ring (bicyclic) bond motifs is 6. The van der Waals surface area contributed by atoms with Crippen molar-refractivity contribution in [1.29, 1.82) is 0 Å². The van der Waals surface area contributed by atoms with Gasteiger partial charge in [-0.1, -0.05) is 78.9 Å². The van der Waals surface area contributed by atoms with Gasteiger partial charge in [0.25, 0.3) is 17.7 Å². The number of aldehydes is 1. The molecule has 8 heterocycles. The smallest absolute Gasteiger partial charge is 0.252 e. The second kappa shape index (κ2) is 18.8. The van der Waals surface area contributed by atoms with Crippen molar-refractivity contribution in [2.75, 3.05) is 26.2 Å². The van der Waals surface area contributed by atoms with Gasteiger partial charge in [0.15, 0.2) is 6.29 Å². The first-order valence-electron chi connectivity index (χ1n) is 24.5. The van der Waals surface area contributed by atoms with E-state index in [9.17, 15) is 34.5 Å². The van der Waals surface area contributed by atoms with Gasteiger partial charge in [0.05, 0.1) is 23.8 Å². The van der Waals surface area contributed by atoms with Gasteiger partial charge in [0, 0.05) is 117 Å². The normalized spacial score (nSPS) is 18.4. The first-order valence-corrected chi connectivity index (χ1v) is 24.5. The first kappa shape index (κ1) is 45.9. The van der Waals surface area contributed by atoms with E-state index in [0.29, 0.717) is 27.9 Å². The molecule has 0 bridgehead atoms. The summed E-state index contributed by atoms with van der Waals surface area (Å²) in [6, 6.07) is 37.5. The fourth-order valence-electron chi connectivity index (χ4n) is 11.2. The molecule has 5 aliphatic heterocycles. The lowest BCUT2D eigenvalue weighted by Gasteiger charge is -2.18. The molecule has 14 rings (SSSR count). The largest absolute Gasteiger partial charge is 0.508 e. The Balaban J connectivity index is 0.000000113. The molecule has 0 spiro atoms. The maximum atomic E-state index is 12.5. The number of hydrogen-bond acceptors (Lipinski definition) is 9. The van der Waals surface area contributed by atoms with Crippen LogP contribution in [0.3, 0.4) is 0 Å². The van der Waals surface area contributed by atoms with E-state index < -0.39 is 6.04 Å². The predicted molar refractivity (Wildman–Crippen MR) is 281 cm³/mol. The third kappa shape index (κ3) is 8.23. The monoisotopic (exact) mass is 982 g/mol. The highest BCUT2D eigenvalue weighted by atomic mass is 16.3. The number of phenolic OH excluding ortho intramolecular Hbond substituents is 3. The highest BCUT2D eigenvalue weighted by Gasteiger charge is 2.36. The molecule has 0 saturated carbocycles. The molecular weight excluding hydrogens is 933 g/mol. The zero-order valence-corrected chi connectivity index (χ0v) is 39.9. The van der Waals surface area contributed by atoms with Gasteiger partial charge >= 0.3 is 0 Å². The van der Waals surface area contributed by atoms with Crippen molar-refractivity contribution >= 4 is 56.7 Å². The number of hydrogen-bond donors (Lipinski definition) is 9. The van der Waals surface area contributed by atoms with Crippen LogP contribution in [0.2, 0.25) is 0 Å². The van der Waals surface area contributed by atoms with E-state index in [2.05, 4.69) is 89.3 Å². The Labute approximate surface area is 423 Å². The number of para-hydroxylation sites is 3.